The van der Waals surface area contributed by atoms with E-state index >= 15 is 0 Å². The number of hydrogen-bond donors (Lipinski definition) is 1. The number of benzene rings is 1. The Bertz CT molecular complexity index is 339. The Labute approximate surface area is 100 Å². The van der Waals surface area contributed by atoms with Crippen molar-refractivity contribution < 1.29 is 0 Å². The summed E-state index contributed by atoms with van der Waals surface area (Å²) in [6, 6.07) is 6.67. The van der Waals surface area contributed by atoms with Crippen LogP contribution in [0.15, 0.2) is 18.2 Å². The van der Waals surface area contributed by atoms with Crippen LogP contribution >= 0.6 is 0 Å². The Morgan fingerprint density at radius 3 is 2.50 bits per heavy atom. The van der Waals surface area contributed by atoms with Crippen LogP contribution in [0.3, 0.4) is 0 Å². The lowest BCUT2D eigenvalue weighted by Crippen LogP contribution is -2.38. The third-order valence-corrected chi connectivity index (χ3v) is 3.14. The predicted molar refractivity (Wildman–Crippen MR) is 71.7 cm³/mol. The van der Waals surface area contributed by atoms with Gasteiger partial charge in [0.05, 0.1) is 0 Å². The SMILES string of the molecule is CCCC(C)(C)NCc1cc(C)ccc1C. The highest BCUT2D eigenvalue weighted by Gasteiger charge is 2.15. The molecular formula is C15H25N. The van der Waals surface area contributed by atoms with Crippen molar-refractivity contribution in [1.82, 2.24) is 5.32 Å². The quantitative estimate of drug-likeness (QED) is 0.790. The summed E-state index contributed by atoms with van der Waals surface area (Å²) in [5.41, 5.74) is 4.38. The molecule has 1 rings (SSSR count). The van der Waals surface area contributed by atoms with E-state index in [1.54, 1.807) is 0 Å². The third-order valence-electron chi connectivity index (χ3n) is 3.14. The van der Waals surface area contributed by atoms with Crippen LogP contribution in [0.1, 0.15) is 50.3 Å². The molecule has 1 nitrogen and oxygen atoms in total. The van der Waals surface area contributed by atoms with Crippen LogP contribution in [0.25, 0.3) is 0 Å². The maximum Gasteiger partial charge on any atom is 0.0213 e. The van der Waals surface area contributed by atoms with Gasteiger partial charge >= 0.3 is 0 Å². The molecule has 1 N–H and O–H groups in total. The predicted octanol–water partition coefficient (Wildman–Crippen LogP) is 3.97. The molecule has 1 aromatic rings. The molecule has 0 aliphatic carbocycles. The van der Waals surface area contributed by atoms with Gasteiger partial charge in [-0.15, -0.1) is 0 Å². The van der Waals surface area contributed by atoms with Crippen LogP contribution in [0.5, 0.6) is 0 Å². The lowest BCUT2D eigenvalue weighted by molar-refractivity contribution is 0.356. The van der Waals surface area contributed by atoms with Gasteiger partial charge in [0.25, 0.3) is 0 Å². The first-order chi connectivity index (χ1) is 7.44. The summed E-state index contributed by atoms with van der Waals surface area (Å²) in [6.45, 7) is 12.1. The molecule has 0 heterocycles. The van der Waals surface area contributed by atoms with Gasteiger partial charge in [0.1, 0.15) is 0 Å². The molecule has 0 aliphatic rings. The Morgan fingerprint density at radius 1 is 1.19 bits per heavy atom. The van der Waals surface area contributed by atoms with E-state index in [1.165, 1.54) is 29.5 Å². The minimum atomic E-state index is 0.241. The molecule has 0 aliphatic heterocycles. The minimum Gasteiger partial charge on any atom is -0.308 e. The van der Waals surface area contributed by atoms with Crippen molar-refractivity contribution >= 4 is 0 Å². The molecule has 1 heteroatoms. The molecule has 90 valence electrons. The molecule has 0 bridgehead atoms. The van der Waals surface area contributed by atoms with E-state index in [2.05, 4.69) is 58.1 Å². The first-order valence-electron chi connectivity index (χ1n) is 6.26. The van der Waals surface area contributed by atoms with Crippen molar-refractivity contribution in [2.45, 2.75) is 59.5 Å². The van der Waals surface area contributed by atoms with E-state index in [0.717, 1.165) is 6.54 Å². The Kier molecular flexibility index (Phi) is 4.55. The summed E-state index contributed by atoms with van der Waals surface area (Å²) in [5, 5.41) is 3.64. The van der Waals surface area contributed by atoms with E-state index in [0.29, 0.717) is 0 Å². The Balaban J connectivity index is 2.63. The van der Waals surface area contributed by atoms with Crippen molar-refractivity contribution in [1.29, 1.82) is 0 Å². The fourth-order valence-corrected chi connectivity index (χ4v) is 2.04. The lowest BCUT2D eigenvalue weighted by atomic mass is 9.97. The van der Waals surface area contributed by atoms with Crippen LogP contribution in [0.2, 0.25) is 0 Å². The number of hydrogen-bond acceptors (Lipinski definition) is 1. The van der Waals surface area contributed by atoms with Gasteiger partial charge in [-0.05, 0) is 45.2 Å². The summed E-state index contributed by atoms with van der Waals surface area (Å²) < 4.78 is 0. The second kappa shape index (κ2) is 5.49. The van der Waals surface area contributed by atoms with Crippen molar-refractivity contribution in [3.63, 3.8) is 0 Å². The zero-order valence-electron chi connectivity index (χ0n) is 11.4. The molecule has 16 heavy (non-hydrogen) atoms. The second-order valence-electron chi connectivity index (χ2n) is 5.42. The average molecular weight is 219 g/mol. The van der Waals surface area contributed by atoms with Gasteiger partial charge < -0.3 is 5.32 Å². The first kappa shape index (κ1) is 13.2. The fraction of sp³-hybridized carbons (Fsp3) is 0.600. The van der Waals surface area contributed by atoms with Crippen molar-refractivity contribution in [3.8, 4) is 0 Å². The number of nitrogens with one attached hydrogen (secondary N) is 1. The third kappa shape index (κ3) is 3.97. The minimum absolute atomic E-state index is 0.241. The van der Waals surface area contributed by atoms with Crippen LogP contribution in [-0.2, 0) is 6.54 Å². The van der Waals surface area contributed by atoms with Crippen LogP contribution in [-0.4, -0.2) is 5.54 Å². The first-order valence-corrected chi connectivity index (χ1v) is 6.26. The largest absolute Gasteiger partial charge is 0.308 e. The smallest absolute Gasteiger partial charge is 0.0213 e. The summed E-state index contributed by atoms with van der Waals surface area (Å²) in [5.74, 6) is 0. The molecule has 0 saturated carbocycles. The van der Waals surface area contributed by atoms with Crippen molar-refractivity contribution in [2.24, 2.45) is 0 Å². The van der Waals surface area contributed by atoms with Gasteiger partial charge in [-0.2, -0.15) is 0 Å². The average Bonchev–Trinajstić information content (AvgIpc) is 2.19. The molecule has 0 saturated heterocycles. The lowest BCUT2D eigenvalue weighted by Gasteiger charge is -2.26. The molecule has 1 aromatic carbocycles. The molecule has 0 radical (unpaired) electrons. The monoisotopic (exact) mass is 219 g/mol. The van der Waals surface area contributed by atoms with Gasteiger partial charge in [0.2, 0.25) is 0 Å². The highest BCUT2D eigenvalue weighted by Crippen LogP contribution is 2.15. The highest BCUT2D eigenvalue weighted by atomic mass is 14.9. The normalized spacial score (nSPS) is 11.8. The topological polar surface area (TPSA) is 12.0 Å². The molecule has 0 spiro atoms. The van der Waals surface area contributed by atoms with E-state index in [9.17, 15) is 0 Å². The van der Waals surface area contributed by atoms with Crippen molar-refractivity contribution in [3.05, 3.63) is 34.9 Å². The van der Waals surface area contributed by atoms with Gasteiger partial charge in [-0.25, -0.2) is 0 Å². The van der Waals surface area contributed by atoms with Gasteiger partial charge in [-0.1, -0.05) is 37.1 Å². The van der Waals surface area contributed by atoms with Gasteiger partial charge in [0, 0.05) is 12.1 Å². The summed E-state index contributed by atoms with van der Waals surface area (Å²) in [7, 11) is 0. The number of rotatable bonds is 5. The standard InChI is InChI=1S/C15H25N/c1-6-9-15(4,5)16-11-14-10-12(2)7-8-13(14)3/h7-8,10,16H,6,9,11H2,1-5H3. The van der Waals surface area contributed by atoms with Crippen LogP contribution < -0.4 is 5.32 Å². The molecular weight excluding hydrogens is 194 g/mol. The van der Waals surface area contributed by atoms with E-state index in [4.69, 9.17) is 0 Å². The van der Waals surface area contributed by atoms with Crippen LogP contribution in [0.4, 0.5) is 0 Å². The van der Waals surface area contributed by atoms with Gasteiger partial charge in [-0.3, -0.25) is 0 Å². The van der Waals surface area contributed by atoms with E-state index < -0.39 is 0 Å². The molecule has 0 unspecified atom stereocenters. The summed E-state index contributed by atoms with van der Waals surface area (Å²) >= 11 is 0. The highest BCUT2D eigenvalue weighted by molar-refractivity contribution is 5.30. The Hall–Kier alpha value is -0.820. The summed E-state index contributed by atoms with van der Waals surface area (Å²) in [6.07, 6.45) is 2.45. The zero-order chi connectivity index (χ0) is 12.2. The zero-order valence-corrected chi connectivity index (χ0v) is 11.4. The van der Waals surface area contributed by atoms with E-state index in [-0.39, 0.29) is 5.54 Å². The number of aryl methyl sites for hydroxylation is 2. The molecule has 0 aromatic heterocycles. The van der Waals surface area contributed by atoms with E-state index in [1.807, 2.05) is 0 Å². The maximum atomic E-state index is 3.64. The molecule has 0 amide bonds. The molecule has 0 atom stereocenters. The molecule has 0 fully saturated rings. The van der Waals surface area contributed by atoms with Crippen LogP contribution in [0, 0.1) is 13.8 Å². The van der Waals surface area contributed by atoms with Crippen molar-refractivity contribution in [2.75, 3.05) is 0 Å². The fourth-order valence-electron chi connectivity index (χ4n) is 2.04. The van der Waals surface area contributed by atoms with Gasteiger partial charge in [0.15, 0.2) is 0 Å². The second-order valence-corrected chi connectivity index (χ2v) is 5.42. The maximum absolute atomic E-state index is 3.64. The summed E-state index contributed by atoms with van der Waals surface area (Å²) in [4.78, 5) is 0. The Morgan fingerprint density at radius 2 is 1.88 bits per heavy atom.